The molecule has 0 bridgehead atoms. The van der Waals surface area contributed by atoms with E-state index in [1.54, 1.807) is 0 Å². The minimum Gasteiger partial charge on any atom is -0.393 e. The van der Waals surface area contributed by atoms with Crippen molar-refractivity contribution in [1.29, 1.82) is 0 Å². The molecular formula is C13H26N2O2. The molecule has 0 saturated heterocycles. The second-order valence-electron chi connectivity index (χ2n) is 5.15. The van der Waals surface area contributed by atoms with Crippen LogP contribution in [0.4, 0.5) is 0 Å². The molecule has 3 unspecified atom stereocenters. The summed E-state index contributed by atoms with van der Waals surface area (Å²) in [5.74, 6) is 0.464. The van der Waals surface area contributed by atoms with Crippen LogP contribution in [-0.2, 0) is 4.79 Å². The fraction of sp³-hybridized carbons (Fsp3) is 0.923. The molecule has 4 heteroatoms. The lowest BCUT2D eigenvalue weighted by Gasteiger charge is -2.26. The monoisotopic (exact) mass is 242 g/mol. The quantitative estimate of drug-likeness (QED) is 0.651. The van der Waals surface area contributed by atoms with Gasteiger partial charge >= 0.3 is 0 Å². The van der Waals surface area contributed by atoms with Crippen LogP contribution in [0.5, 0.6) is 0 Å². The van der Waals surface area contributed by atoms with Gasteiger partial charge in [-0.25, -0.2) is 0 Å². The predicted octanol–water partition coefficient (Wildman–Crippen LogP) is 1.03. The van der Waals surface area contributed by atoms with Crippen LogP contribution >= 0.6 is 0 Å². The summed E-state index contributed by atoms with van der Waals surface area (Å²) in [6.45, 7) is 3.18. The van der Waals surface area contributed by atoms with Gasteiger partial charge in [-0.2, -0.15) is 0 Å². The van der Waals surface area contributed by atoms with Gasteiger partial charge in [0, 0.05) is 13.1 Å². The summed E-state index contributed by atoms with van der Waals surface area (Å²) in [6, 6.07) is 0. The lowest BCUT2D eigenvalue weighted by molar-refractivity contribution is -0.125. The number of carbonyl (C=O) groups is 1. The summed E-state index contributed by atoms with van der Waals surface area (Å²) < 4.78 is 0. The van der Waals surface area contributed by atoms with Crippen molar-refractivity contribution in [2.45, 2.75) is 51.6 Å². The number of hydrogen-bond donors (Lipinski definition) is 3. The van der Waals surface area contributed by atoms with Crippen LogP contribution in [0.1, 0.15) is 45.4 Å². The molecule has 0 aromatic carbocycles. The number of amides is 1. The zero-order chi connectivity index (χ0) is 12.7. The van der Waals surface area contributed by atoms with Gasteiger partial charge in [-0.15, -0.1) is 0 Å². The van der Waals surface area contributed by atoms with Crippen molar-refractivity contribution < 1.29 is 9.90 Å². The van der Waals surface area contributed by atoms with Crippen molar-refractivity contribution >= 4 is 5.91 Å². The molecule has 1 aliphatic rings. The molecule has 0 spiro atoms. The van der Waals surface area contributed by atoms with Gasteiger partial charge in [-0.05, 0) is 31.6 Å². The van der Waals surface area contributed by atoms with Crippen LogP contribution in [0.25, 0.3) is 0 Å². The van der Waals surface area contributed by atoms with Crippen LogP contribution in [0, 0.1) is 11.8 Å². The number of aliphatic hydroxyl groups excluding tert-OH is 1. The number of rotatable bonds is 6. The van der Waals surface area contributed by atoms with Crippen molar-refractivity contribution in [3.8, 4) is 0 Å². The number of carbonyl (C=O) groups excluding carboxylic acids is 1. The molecule has 4 N–H and O–H groups in total. The number of nitrogens with one attached hydrogen (secondary N) is 1. The van der Waals surface area contributed by atoms with E-state index in [-0.39, 0.29) is 17.9 Å². The lowest BCUT2D eigenvalue weighted by Crippen LogP contribution is -2.39. The van der Waals surface area contributed by atoms with Crippen molar-refractivity contribution in [2.75, 3.05) is 13.1 Å². The molecule has 100 valence electrons. The molecule has 0 aliphatic heterocycles. The Hall–Kier alpha value is -0.610. The van der Waals surface area contributed by atoms with Crippen molar-refractivity contribution in [1.82, 2.24) is 5.32 Å². The van der Waals surface area contributed by atoms with Gasteiger partial charge in [0.15, 0.2) is 0 Å². The second kappa shape index (κ2) is 7.67. The minimum atomic E-state index is -0.174. The first-order chi connectivity index (χ1) is 8.17. The van der Waals surface area contributed by atoms with E-state index < -0.39 is 0 Å². The molecule has 17 heavy (non-hydrogen) atoms. The zero-order valence-electron chi connectivity index (χ0n) is 10.8. The van der Waals surface area contributed by atoms with Crippen molar-refractivity contribution in [2.24, 2.45) is 17.6 Å². The highest BCUT2D eigenvalue weighted by atomic mass is 16.3. The third kappa shape index (κ3) is 5.04. The Labute approximate surface area is 104 Å². The maximum Gasteiger partial charge on any atom is 0.224 e. The van der Waals surface area contributed by atoms with Gasteiger partial charge in [-0.3, -0.25) is 4.79 Å². The van der Waals surface area contributed by atoms with Gasteiger partial charge in [0.05, 0.1) is 12.0 Å². The molecule has 0 aromatic rings. The molecular weight excluding hydrogens is 216 g/mol. The van der Waals surface area contributed by atoms with Crippen LogP contribution in [-0.4, -0.2) is 30.2 Å². The van der Waals surface area contributed by atoms with E-state index in [0.29, 0.717) is 19.0 Å². The van der Waals surface area contributed by atoms with E-state index in [1.807, 2.05) is 0 Å². The van der Waals surface area contributed by atoms with E-state index in [1.165, 1.54) is 0 Å². The van der Waals surface area contributed by atoms with Gasteiger partial charge < -0.3 is 16.2 Å². The smallest absolute Gasteiger partial charge is 0.224 e. The maximum atomic E-state index is 11.8. The lowest BCUT2D eigenvalue weighted by atomic mass is 9.87. The Morgan fingerprint density at radius 3 is 2.88 bits per heavy atom. The minimum absolute atomic E-state index is 0.0477. The van der Waals surface area contributed by atoms with Crippen LogP contribution in [0.2, 0.25) is 0 Å². The Bertz CT molecular complexity index is 233. The summed E-state index contributed by atoms with van der Waals surface area (Å²) in [5.41, 5.74) is 5.59. The average molecular weight is 242 g/mol. The summed E-state index contributed by atoms with van der Waals surface area (Å²) in [6.07, 6.45) is 5.57. The SMILES string of the molecule is CCCC(CN)C(=O)NCC1CCCC(O)C1. The van der Waals surface area contributed by atoms with Crippen LogP contribution < -0.4 is 11.1 Å². The van der Waals surface area contributed by atoms with E-state index >= 15 is 0 Å². The van der Waals surface area contributed by atoms with E-state index in [2.05, 4.69) is 12.2 Å². The molecule has 1 fully saturated rings. The second-order valence-corrected chi connectivity index (χ2v) is 5.15. The van der Waals surface area contributed by atoms with Crippen LogP contribution in [0.15, 0.2) is 0 Å². The van der Waals surface area contributed by atoms with Gasteiger partial charge in [0.2, 0.25) is 5.91 Å². The van der Waals surface area contributed by atoms with Crippen molar-refractivity contribution in [3.63, 3.8) is 0 Å². The first-order valence-electron chi connectivity index (χ1n) is 6.83. The van der Waals surface area contributed by atoms with Crippen LogP contribution in [0.3, 0.4) is 0 Å². The maximum absolute atomic E-state index is 11.8. The van der Waals surface area contributed by atoms with Crippen molar-refractivity contribution in [3.05, 3.63) is 0 Å². The summed E-state index contributed by atoms with van der Waals surface area (Å²) in [5, 5.41) is 12.5. The van der Waals surface area contributed by atoms with E-state index in [9.17, 15) is 9.90 Å². The van der Waals surface area contributed by atoms with E-state index in [0.717, 1.165) is 38.5 Å². The fourth-order valence-corrected chi connectivity index (χ4v) is 2.54. The van der Waals surface area contributed by atoms with Gasteiger partial charge in [0.1, 0.15) is 0 Å². The third-order valence-electron chi connectivity index (χ3n) is 3.61. The summed E-state index contributed by atoms with van der Waals surface area (Å²) >= 11 is 0. The summed E-state index contributed by atoms with van der Waals surface area (Å²) in [7, 11) is 0. The van der Waals surface area contributed by atoms with Gasteiger partial charge in [0.25, 0.3) is 0 Å². The largest absolute Gasteiger partial charge is 0.393 e. The van der Waals surface area contributed by atoms with Gasteiger partial charge in [-0.1, -0.05) is 19.8 Å². The highest BCUT2D eigenvalue weighted by molar-refractivity contribution is 5.78. The third-order valence-corrected chi connectivity index (χ3v) is 3.61. The molecule has 1 rings (SSSR count). The molecule has 0 heterocycles. The Balaban J connectivity index is 2.26. The number of aliphatic hydroxyl groups is 1. The Morgan fingerprint density at radius 1 is 1.53 bits per heavy atom. The standard InChI is InChI=1S/C13H26N2O2/c1-2-4-11(8-14)13(17)15-9-10-5-3-6-12(16)7-10/h10-12,16H,2-9,14H2,1H3,(H,15,17). The summed E-state index contributed by atoms with van der Waals surface area (Å²) in [4.78, 5) is 11.8. The molecule has 0 radical (unpaired) electrons. The first kappa shape index (κ1) is 14.5. The normalized spacial score (nSPS) is 26.5. The highest BCUT2D eigenvalue weighted by Gasteiger charge is 2.22. The highest BCUT2D eigenvalue weighted by Crippen LogP contribution is 2.23. The zero-order valence-corrected chi connectivity index (χ0v) is 10.8. The predicted molar refractivity (Wildman–Crippen MR) is 68.4 cm³/mol. The molecule has 1 amide bonds. The Kier molecular flexibility index (Phi) is 6.52. The molecule has 1 saturated carbocycles. The first-order valence-corrected chi connectivity index (χ1v) is 6.83. The topological polar surface area (TPSA) is 75.4 Å². The fourth-order valence-electron chi connectivity index (χ4n) is 2.54. The molecule has 4 nitrogen and oxygen atoms in total. The molecule has 1 aliphatic carbocycles. The van der Waals surface area contributed by atoms with E-state index in [4.69, 9.17) is 5.73 Å². The number of nitrogens with two attached hydrogens (primary N) is 1. The molecule has 3 atom stereocenters. The molecule has 0 aromatic heterocycles. The average Bonchev–Trinajstić information content (AvgIpc) is 2.33. The number of hydrogen-bond acceptors (Lipinski definition) is 3. The Morgan fingerprint density at radius 2 is 2.29 bits per heavy atom.